The molecular weight excluding hydrogens is 418 g/mol. The van der Waals surface area contributed by atoms with E-state index in [9.17, 15) is 10.1 Å². The molecule has 0 amide bonds. The maximum Gasteiger partial charge on any atom is 0.344 e. The van der Waals surface area contributed by atoms with Gasteiger partial charge in [-0.3, -0.25) is 4.98 Å². The zero-order valence-electron chi connectivity index (χ0n) is 18.0. The van der Waals surface area contributed by atoms with Gasteiger partial charge in [0.25, 0.3) is 0 Å². The van der Waals surface area contributed by atoms with Gasteiger partial charge in [0.15, 0.2) is 5.75 Å². The van der Waals surface area contributed by atoms with Crippen LogP contribution in [-0.2, 0) is 0 Å². The molecule has 0 aliphatic carbocycles. The smallest absolute Gasteiger partial charge is 0.344 e. The minimum atomic E-state index is -0.716. The summed E-state index contributed by atoms with van der Waals surface area (Å²) in [5.74, 6) is 0.0776. The highest BCUT2D eigenvalue weighted by molar-refractivity contribution is 5.87. The third-order valence-electron chi connectivity index (χ3n) is 5.76. The number of nitrogens with zero attached hydrogens (tertiary/aromatic N) is 2. The van der Waals surface area contributed by atoms with E-state index in [1.165, 1.54) is 7.11 Å². The van der Waals surface area contributed by atoms with Gasteiger partial charge in [0.1, 0.15) is 23.0 Å². The van der Waals surface area contributed by atoms with Gasteiger partial charge in [-0.25, -0.2) is 4.79 Å². The first-order chi connectivity index (χ1) is 16.0. The summed E-state index contributed by atoms with van der Waals surface area (Å²) in [6.45, 7) is 1.93. The topological polar surface area (TPSA) is 111 Å². The van der Waals surface area contributed by atoms with Crippen molar-refractivity contribution in [2.24, 2.45) is 5.73 Å². The van der Waals surface area contributed by atoms with E-state index in [-0.39, 0.29) is 22.8 Å². The summed E-state index contributed by atoms with van der Waals surface area (Å²) in [5.41, 5.74) is 9.84. The van der Waals surface area contributed by atoms with Crippen molar-refractivity contribution in [3.05, 3.63) is 99.5 Å². The molecule has 0 fully saturated rings. The Balaban J connectivity index is 1.67. The van der Waals surface area contributed by atoms with E-state index in [1.54, 1.807) is 18.2 Å². The van der Waals surface area contributed by atoms with Crippen LogP contribution < -0.4 is 20.8 Å². The van der Waals surface area contributed by atoms with Gasteiger partial charge in [-0.15, -0.1) is 0 Å². The molecule has 2 aromatic heterocycles. The van der Waals surface area contributed by atoms with E-state index >= 15 is 0 Å². The molecule has 0 bridgehead atoms. The molecule has 2 aromatic carbocycles. The average molecular weight is 437 g/mol. The second-order valence-electron chi connectivity index (χ2n) is 7.73. The van der Waals surface area contributed by atoms with Crippen molar-refractivity contribution in [2.45, 2.75) is 12.8 Å². The summed E-state index contributed by atoms with van der Waals surface area (Å²) >= 11 is 0. The molecule has 7 nitrogen and oxygen atoms in total. The van der Waals surface area contributed by atoms with Crippen molar-refractivity contribution in [1.29, 1.82) is 5.26 Å². The van der Waals surface area contributed by atoms with E-state index in [2.05, 4.69) is 11.1 Å². The number of methoxy groups -OCH3 is 1. The largest absolute Gasteiger partial charge is 0.497 e. The minimum Gasteiger partial charge on any atom is -0.497 e. The Morgan fingerprint density at radius 3 is 2.52 bits per heavy atom. The molecule has 3 heterocycles. The van der Waals surface area contributed by atoms with Gasteiger partial charge < -0.3 is 19.6 Å². The quantitative estimate of drug-likeness (QED) is 0.473. The molecule has 1 unspecified atom stereocenters. The third-order valence-corrected chi connectivity index (χ3v) is 5.76. The van der Waals surface area contributed by atoms with Crippen LogP contribution in [0, 0.1) is 18.3 Å². The molecule has 1 aliphatic heterocycles. The number of nitrogens with two attached hydrogens (primary N) is 1. The molecule has 4 aromatic rings. The summed E-state index contributed by atoms with van der Waals surface area (Å²) in [7, 11) is 1.53. The lowest BCUT2D eigenvalue weighted by molar-refractivity contribution is 0.387. The number of ether oxygens (including phenoxy) is 2. The van der Waals surface area contributed by atoms with Crippen molar-refractivity contribution in [1.82, 2.24) is 4.98 Å². The molecule has 1 aliphatic rings. The van der Waals surface area contributed by atoms with E-state index in [0.717, 1.165) is 22.4 Å². The number of aromatic nitrogens is 1. The molecule has 0 radical (unpaired) electrons. The number of allylic oxidation sites excluding steroid dienone is 1. The van der Waals surface area contributed by atoms with Crippen LogP contribution in [0.25, 0.3) is 22.1 Å². The van der Waals surface area contributed by atoms with Gasteiger partial charge in [0, 0.05) is 23.5 Å². The Morgan fingerprint density at radius 2 is 1.85 bits per heavy atom. The fourth-order valence-electron chi connectivity index (χ4n) is 4.06. The zero-order valence-corrected chi connectivity index (χ0v) is 18.0. The monoisotopic (exact) mass is 437 g/mol. The van der Waals surface area contributed by atoms with E-state index < -0.39 is 11.5 Å². The number of nitriles is 1. The molecular formula is C26H19N3O4. The number of hydrogen-bond donors (Lipinski definition) is 1. The first-order valence-corrected chi connectivity index (χ1v) is 10.3. The third kappa shape index (κ3) is 3.38. The second kappa shape index (κ2) is 7.84. The predicted octanol–water partition coefficient (Wildman–Crippen LogP) is 4.39. The molecule has 1 atom stereocenters. The molecule has 7 heteroatoms. The van der Waals surface area contributed by atoms with Crippen molar-refractivity contribution >= 4 is 11.0 Å². The Bertz CT molecular complexity index is 1510. The van der Waals surface area contributed by atoms with Crippen LogP contribution in [0.3, 0.4) is 0 Å². The lowest BCUT2D eigenvalue weighted by atomic mass is 9.83. The molecule has 162 valence electrons. The Labute approximate surface area is 189 Å². The lowest BCUT2D eigenvalue weighted by Crippen LogP contribution is -2.26. The summed E-state index contributed by atoms with van der Waals surface area (Å²) in [4.78, 5) is 17.4. The van der Waals surface area contributed by atoms with Gasteiger partial charge in [0.05, 0.1) is 24.0 Å². The van der Waals surface area contributed by atoms with Crippen molar-refractivity contribution in [2.75, 3.05) is 7.11 Å². The number of aryl methyl sites for hydroxylation is 1. The Hall–Kier alpha value is -4.57. The van der Waals surface area contributed by atoms with Crippen LogP contribution in [0.1, 0.15) is 22.7 Å². The summed E-state index contributed by atoms with van der Waals surface area (Å²) in [5, 5.41) is 10.4. The first-order valence-electron chi connectivity index (χ1n) is 10.3. The average Bonchev–Trinajstić information content (AvgIpc) is 2.83. The van der Waals surface area contributed by atoms with Crippen molar-refractivity contribution in [3.8, 4) is 28.7 Å². The predicted molar refractivity (Wildman–Crippen MR) is 123 cm³/mol. The van der Waals surface area contributed by atoms with E-state index in [0.29, 0.717) is 16.7 Å². The summed E-state index contributed by atoms with van der Waals surface area (Å²) < 4.78 is 16.6. The van der Waals surface area contributed by atoms with Crippen LogP contribution in [0.2, 0.25) is 0 Å². The van der Waals surface area contributed by atoms with Crippen LogP contribution in [0.15, 0.2) is 81.5 Å². The maximum absolute atomic E-state index is 13.1. The second-order valence-corrected chi connectivity index (χ2v) is 7.73. The number of benzene rings is 2. The fourth-order valence-corrected chi connectivity index (χ4v) is 4.06. The van der Waals surface area contributed by atoms with Crippen molar-refractivity contribution < 1.29 is 13.9 Å². The SMILES string of the molecule is COc1ccc2c3c(c(=O)oc2c1)C(c1ccc(-c2ccc(C)nc2)cc1)C(C#N)=C(N)O3. The number of hydrogen-bond acceptors (Lipinski definition) is 7. The number of pyridine rings is 1. The van der Waals surface area contributed by atoms with Gasteiger partial charge in [-0.1, -0.05) is 30.3 Å². The standard InChI is InChI=1S/C26H19N3O4/c1-14-3-4-17(13-29-14)15-5-7-16(8-6-15)22-20(12-27)25(28)33-24-19-10-9-18(31-2)11-21(19)32-26(30)23(22)24/h3-11,13,22H,28H2,1-2H3. The summed E-state index contributed by atoms with van der Waals surface area (Å²) in [6, 6.07) is 18.7. The molecule has 33 heavy (non-hydrogen) atoms. The van der Waals surface area contributed by atoms with Gasteiger partial charge in [-0.2, -0.15) is 5.26 Å². The van der Waals surface area contributed by atoms with Crippen molar-refractivity contribution in [3.63, 3.8) is 0 Å². The lowest BCUT2D eigenvalue weighted by Gasteiger charge is -2.26. The van der Waals surface area contributed by atoms with Crippen LogP contribution in [0.5, 0.6) is 11.5 Å². The molecule has 0 spiro atoms. The minimum absolute atomic E-state index is 0.0375. The normalized spacial score (nSPS) is 15.0. The highest BCUT2D eigenvalue weighted by atomic mass is 16.5. The first kappa shape index (κ1) is 20.3. The van der Waals surface area contributed by atoms with Gasteiger partial charge in [-0.05, 0) is 36.2 Å². The highest BCUT2D eigenvalue weighted by Gasteiger charge is 2.35. The molecule has 5 rings (SSSR count). The Morgan fingerprint density at radius 1 is 1.09 bits per heavy atom. The van der Waals surface area contributed by atoms with Gasteiger partial charge >= 0.3 is 5.63 Å². The van der Waals surface area contributed by atoms with Crippen LogP contribution >= 0.6 is 0 Å². The molecule has 0 saturated heterocycles. The number of rotatable bonds is 3. The Kier molecular flexibility index (Phi) is 4.83. The molecule has 0 saturated carbocycles. The zero-order chi connectivity index (χ0) is 23.1. The van der Waals surface area contributed by atoms with Gasteiger partial charge in [0.2, 0.25) is 5.88 Å². The van der Waals surface area contributed by atoms with Crippen LogP contribution in [0.4, 0.5) is 0 Å². The van der Waals surface area contributed by atoms with E-state index in [4.69, 9.17) is 19.6 Å². The number of fused-ring (bicyclic) bond motifs is 3. The van der Waals surface area contributed by atoms with Crippen LogP contribution in [-0.4, -0.2) is 12.1 Å². The maximum atomic E-state index is 13.1. The molecule has 2 N–H and O–H groups in total. The fraction of sp³-hybridized carbons (Fsp3) is 0.115. The summed E-state index contributed by atoms with van der Waals surface area (Å²) in [6.07, 6.45) is 1.81. The highest BCUT2D eigenvalue weighted by Crippen LogP contribution is 2.44. The van der Waals surface area contributed by atoms with E-state index in [1.807, 2.05) is 49.5 Å².